The Balaban J connectivity index is 2.23. The van der Waals surface area contributed by atoms with E-state index in [0.29, 0.717) is 18.2 Å². The summed E-state index contributed by atoms with van der Waals surface area (Å²) in [5, 5.41) is 4.38. The molecule has 5 nitrogen and oxygen atoms in total. The average molecular weight is 225 g/mol. The Bertz CT molecular complexity index is 368. The van der Waals surface area contributed by atoms with E-state index < -0.39 is 0 Å². The molecule has 0 spiro atoms. The molecule has 5 heteroatoms. The predicted octanol–water partition coefficient (Wildman–Crippen LogP) is 1.52. The van der Waals surface area contributed by atoms with Crippen molar-refractivity contribution in [2.45, 2.75) is 39.3 Å². The topological polar surface area (TPSA) is 62.3 Å². The fourth-order valence-electron chi connectivity index (χ4n) is 1.77. The van der Waals surface area contributed by atoms with Gasteiger partial charge >= 0.3 is 0 Å². The summed E-state index contributed by atoms with van der Waals surface area (Å²) < 4.78 is 13.0. The lowest BCUT2D eigenvalue weighted by molar-refractivity contribution is 0.132. The van der Waals surface area contributed by atoms with Crippen LogP contribution in [0.25, 0.3) is 0 Å². The van der Waals surface area contributed by atoms with E-state index in [9.17, 15) is 0 Å². The molecule has 0 amide bonds. The van der Waals surface area contributed by atoms with Gasteiger partial charge in [-0.25, -0.2) is 4.68 Å². The molecule has 0 saturated carbocycles. The zero-order valence-corrected chi connectivity index (χ0v) is 10.1. The first kappa shape index (κ1) is 11.3. The minimum Gasteiger partial charge on any atom is -0.470 e. The monoisotopic (exact) mass is 225 g/mol. The average Bonchev–Trinajstić information content (AvgIpc) is 2.81. The molecular weight excluding hydrogens is 206 g/mol. The molecule has 1 aliphatic heterocycles. The van der Waals surface area contributed by atoms with Crippen LogP contribution in [0, 0.1) is 6.92 Å². The van der Waals surface area contributed by atoms with Crippen LogP contribution in [0.4, 0.5) is 5.69 Å². The second-order valence-corrected chi connectivity index (χ2v) is 4.45. The van der Waals surface area contributed by atoms with Crippen molar-refractivity contribution in [3.63, 3.8) is 0 Å². The predicted molar refractivity (Wildman–Crippen MR) is 61.6 cm³/mol. The van der Waals surface area contributed by atoms with E-state index in [4.69, 9.17) is 15.2 Å². The van der Waals surface area contributed by atoms with Gasteiger partial charge in [-0.05, 0) is 20.8 Å². The summed E-state index contributed by atoms with van der Waals surface area (Å²) in [7, 11) is 0. The molecule has 2 rings (SSSR count). The molecule has 2 N–H and O–H groups in total. The molecule has 16 heavy (non-hydrogen) atoms. The van der Waals surface area contributed by atoms with Crippen LogP contribution in [0.5, 0.6) is 5.88 Å². The Kier molecular flexibility index (Phi) is 3.05. The first-order valence-corrected chi connectivity index (χ1v) is 5.68. The maximum atomic E-state index is 5.97. The van der Waals surface area contributed by atoms with Gasteiger partial charge in [-0.2, -0.15) is 5.10 Å². The third-order valence-corrected chi connectivity index (χ3v) is 2.74. The standard InChI is InChI=1S/C11H19N3O2/c1-7(2)14-11(10(12)8(3)13-14)16-9-4-5-15-6-9/h7,9H,4-6,12H2,1-3H3. The quantitative estimate of drug-likeness (QED) is 0.847. The number of anilines is 1. The van der Waals surface area contributed by atoms with Crippen LogP contribution in [0.15, 0.2) is 0 Å². The van der Waals surface area contributed by atoms with Gasteiger partial charge in [0.25, 0.3) is 0 Å². The molecule has 1 fully saturated rings. The Morgan fingerprint density at radius 1 is 1.56 bits per heavy atom. The number of rotatable bonds is 3. The van der Waals surface area contributed by atoms with Crippen molar-refractivity contribution in [2.24, 2.45) is 0 Å². The summed E-state index contributed by atoms with van der Waals surface area (Å²) in [5.41, 5.74) is 7.43. The van der Waals surface area contributed by atoms with E-state index in [1.54, 1.807) is 0 Å². The molecule has 0 radical (unpaired) electrons. The highest BCUT2D eigenvalue weighted by molar-refractivity contribution is 5.52. The van der Waals surface area contributed by atoms with Gasteiger partial charge < -0.3 is 15.2 Å². The van der Waals surface area contributed by atoms with Crippen LogP contribution in [0.1, 0.15) is 32.0 Å². The van der Waals surface area contributed by atoms with Crippen LogP contribution in [-0.2, 0) is 4.74 Å². The summed E-state index contributed by atoms with van der Waals surface area (Å²) in [4.78, 5) is 0. The lowest BCUT2D eigenvalue weighted by Gasteiger charge is -2.16. The molecular formula is C11H19N3O2. The van der Waals surface area contributed by atoms with E-state index in [1.807, 2.05) is 11.6 Å². The molecule has 0 aromatic carbocycles. The van der Waals surface area contributed by atoms with E-state index in [2.05, 4.69) is 18.9 Å². The third kappa shape index (κ3) is 2.00. The van der Waals surface area contributed by atoms with Crippen molar-refractivity contribution >= 4 is 5.69 Å². The van der Waals surface area contributed by atoms with E-state index in [1.165, 1.54) is 0 Å². The van der Waals surface area contributed by atoms with E-state index in [-0.39, 0.29) is 12.1 Å². The van der Waals surface area contributed by atoms with Gasteiger partial charge in [0.1, 0.15) is 11.8 Å². The lowest BCUT2D eigenvalue weighted by atomic mass is 10.3. The SMILES string of the molecule is Cc1nn(C(C)C)c(OC2CCOC2)c1N. The summed E-state index contributed by atoms with van der Waals surface area (Å²) in [6.45, 7) is 7.42. The van der Waals surface area contributed by atoms with Gasteiger partial charge in [0.05, 0.1) is 24.9 Å². The highest BCUT2D eigenvalue weighted by Crippen LogP contribution is 2.29. The van der Waals surface area contributed by atoms with Gasteiger partial charge in [-0.3, -0.25) is 0 Å². The molecule has 1 atom stereocenters. The molecule has 1 unspecified atom stereocenters. The Hall–Kier alpha value is -1.23. The number of nitrogen functional groups attached to an aromatic ring is 1. The molecule has 1 aliphatic rings. The van der Waals surface area contributed by atoms with Crippen LogP contribution < -0.4 is 10.5 Å². The van der Waals surface area contributed by atoms with Gasteiger partial charge in [-0.15, -0.1) is 0 Å². The summed E-state index contributed by atoms with van der Waals surface area (Å²) in [6.07, 6.45) is 1.03. The number of hydrogen-bond acceptors (Lipinski definition) is 4. The fourth-order valence-corrected chi connectivity index (χ4v) is 1.77. The Morgan fingerprint density at radius 2 is 2.31 bits per heavy atom. The van der Waals surface area contributed by atoms with Gasteiger partial charge in [0, 0.05) is 6.42 Å². The first-order valence-electron chi connectivity index (χ1n) is 5.68. The Labute approximate surface area is 95.5 Å². The zero-order valence-electron chi connectivity index (χ0n) is 10.1. The maximum absolute atomic E-state index is 5.97. The second kappa shape index (κ2) is 4.33. The normalized spacial score (nSPS) is 20.6. The van der Waals surface area contributed by atoms with Crippen LogP contribution in [0.3, 0.4) is 0 Å². The van der Waals surface area contributed by atoms with Crippen LogP contribution in [-0.4, -0.2) is 29.1 Å². The fraction of sp³-hybridized carbons (Fsp3) is 0.727. The van der Waals surface area contributed by atoms with Crippen LogP contribution >= 0.6 is 0 Å². The van der Waals surface area contributed by atoms with Crippen molar-refractivity contribution in [1.29, 1.82) is 0 Å². The lowest BCUT2D eigenvalue weighted by Crippen LogP contribution is -2.19. The highest BCUT2D eigenvalue weighted by Gasteiger charge is 2.23. The summed E-state index contributed by atoms with van der Waals surface area (Å²) in [5.74, 6) is 0.683. The van der Waals surface area contributed by atoms with E-state index in [0.717, 1.165) is 18.7 Å². The number of hydrogen-bond donors (Lipinski definition) is 1. The number of nitrogens with zero attached hydrogens (tertiary/aromatic N) is 2. The largest absolute Gasteiger partial charge is 0.470 e. The molecule has 2 heterocycles. The summed E-state index contributed by atoms with van der Waals surface area (Å²) in [6, 6.07) is 0.244. The van der Waals surface area contributed by atoms with Crippen molar-refractivity contribution in [3.8, 4) is 5.88 Å². The molecule has 1 aromatic rings. The number of aromatic nitrogens is 2. The van der Waals surface area contributed by atoms with E-state index >= 15 is 0 Å². The first-order chi connectivity index (χ1) is 7.59. The van der Waals surface area contributed by atoms with Gasteiger partial charge in [0.2, 0.25) is 5.88 Å². The van der Waals surface area contributed by atoms with Crippen molar-refractivity contribution in [3.05, 3.63) is 5.69 Å². The highest BCUT2D eigenvalue weighted by atomic mass is 16.6. The Morgan fingerprint density at radius 3 is 2.88 bits per heavy atom. The van der Waals surface area contributed by atoms with Crippen molar-refractivity contribution < 1.29 is 9.47 Å². The van der Waals surface area contributed by atoms with Gasteiger partial charge in [0.15, 0.2) is 0 Å². The molecule has 1 saturated heterocycles. The zero-order chi connectivity index (χ0) is 11.7. The van der Waals surface area contributed by atoms with Gasteiger partial charge in [-0.1, -0.05) is 0 Å². The van der Waals surface area contributed by atoms with Crippen molar-refractivity contribution in [1.82, 2.24) is 9.78 Å². The third-order valence-electron chi connectivity index (χ3n) is 2.74. The second-order valence-electron chi connectivity index (χ2n) is 4.45. The minimum absolute atomic E-state index is 0.107. The molecule has 90 valence electrons. The molecule has 0 bridgehead atoms. The number of ether oxygens (including phenoxy) is 2. The molecule has 0 aliphatic carbocycles. The molecule has 1 aromatic heterocycles. The number of nitrogens with two attached hydrogens (primary N) is 1. The van der Waals surface area contributed by atoms with Crippen LogP contribution in [0.2, 0.25) is 0 Å². The minimum atomic E-state index is 0.107. The summed E-state index contributed by atoms with van der Waals surface area (Å²) >= 11 is 0. The maximum Gasteiger partial charge on any atom is 0.236 e. The smallest absolute Gasteiger partial charge is 0.236 e. The number of aryl methyl sites for hydroxylation is 1. The van der Waals surface area contributed by atoms with Crippen molar-refractivity contribution in [2.75, 3.05) is 18.9 Å².